The average molecular weight is 184 g/mol. The van der Waals surface area contributed by atoms with E-state index in [2.05, 4.69) is 10.2 Å². The summed E-state index contributed by atoms with van der Waals surface area (Å²) in [6.45, 7) is 9.99. The van der Waals surface area contributed by atoms with E-state index in [1.54, 1.807) is 0 Å². The van der Waals surface area contributed by atoms with E-state index in [0.29, 0.717) is 5.78 Å². The second-order valence-electron chi connectivity index (χ2n) is 4.02. The van der Waals surface area contributed by atoms with Crippen molar-refractivity contribution in [2.45, 2.75) is 26.8 Å². The number of nitrogens with one attached hydrogen (secondary N) is 1. The predicted octanol–water partition coefficient (Wildman–Crippen LogP) is 0.505. The molecule has 0 saturated carbocycles. The lowest BCUT2D eigenvalue weighted by molar-refractivity contribution is -0.126. The number of nitrogens with zero attached hydrogens (tertiary/aromatic N) is 1. The lowest BCUT2D eigenvalue weighted by atomic mass is 10.0. The Hall–Kier alpha value is -0.410. The Labute approximate surface area is 80.5 Å². The molecule has 0 aliphatic carbocycles. The Morgan fingerprint density at radius 3 is 2.23 bits per heavy atom. The van der Waals surface area contributed by atoms with Gasteiger partial charge in [0.15, 0.2) is 5.78 Å². The monoisotopic (exact) mass is 184 g/mol. The molecule has 76 valence electrons. The minimum atomic E-state index is 0.0992. The molecule has 1 saturated heterocycles. The Bertz CT molecular complexity index is 174. The van der Waals surface area contributed by atoms with Crippen LogP contribution >= 0.6 is 0 Å². The molecule has 0 aromatic rings. The lowest BCUT2D eigenvalue weighted by Gasteiger charge is -2.32. The molecule has 3 heteroatoms. The van der Waals surface area contributed by atoms with Crippen LogP contribution in [0, 0.1) is 5.92 Å². The van der Waals surface area contributed by atoms with Gasteiger partial charge in [-0.2, -0.15) is 0 Å². The van der Waals surface area contributed by atoms with Gasteiger partial charge in [-0.15, -0.1) is 0 Å². The van der Waals surface area contributed by atoms with Gasteiger partial charge in [0.25, 0.3) is 0 Å². The Kier molecular flexibility index (Phi) is 3.88. The van der Waals surface area contributed by atoms with E-state index < -0.39 is 0 Å². The van der Waals surface area contributed by atoms with Gasteiger partial charge in [0.1, 0.15) is 0 Å². The van der Waals surface area contributed by atoms with Gasteiger partial charge in [-0.05, 0) is 6.92 Å². The molecule has 1 atom stereocenters. The highest BCUT2D eigenvalue weighted by molar-refractivity contribution is 5.85. The number of carbonyl (C=O) groups excluding carboxylic acids is 1. The first-order valence-corrected chi connectivity index (χ1v) is 5.11. The number of rotatable bonds is 3. The van der Waals surface area contributed by atoms with Crippen molar-refractivity contribution >= 4 is 5.78 Å². The van der Waals surface area contributed by atoms with Crippen molar-refractivity contribution in [1.82, 2.24) is 10.2 Å². The Morgan fingerprint density at radius 2 is 1.77 bits per heavy atom. The van der Waals surface area contributed by atoms with Gasteiger partial charge in [-0.25, -0.2) is 0 Å². The Morgan fingerprint density at radius 1 is 1.23 bits per heavy atom. The van der Waals surface area contributed by atoms with Crippen LogP contribution < -0.4 is 5.32 Å². The normalized spacial score (nSPS) is 21.8. The molecule has 0 radical (unpaired) electrons. The van der Waals surface area contributed by atoms with Gasteiger partial charge in [-0.1, -0.05) is 13.8 Å². The van der Waals surface area contributed by atoms with Crippen molar-refractivity contribution in [3.8, 4) is 0 Å². The molecule has 13 heavy (non-hydrogen) atoms. The van der Waals surface area contributed by atoms with Crippen molar-refractivity contribution in [3.63, 3.8) is 0 Å². The molecule has 1 rings (SSSR count). The lowest BCUT2D eigenvalue weighted by Crippen LogP contribution is -2.50. The van der Waals surface area contributed by atoms with Crippen LogP contribution in [0.25, 0.3) is 0 Å². The summed E-state index contributed by atoms with van der Waals surface area (Å²) >= 11 is 0. The van der Waals surface area contributed by atoms with E-state index in [-0.39, 0.29) is 12.0 Å². The van der Waals surface area contributed by atoms with Crippen molar-refractivity contribution in [3.05, 3.63) is 0 Å². The zero-order chi connectivity index (χ0) is 9.84. The van der Waals surface area contributed by atoms with Crippen molar-refractivity contribution in [1.29, 1.82) is 0 Å². The average Bonchev–Trinajstić information content (AvgIpc) is 2.17. The smallest absolute Gasteiger partial charge is 0.152 e. The fourth-order valence-electron chi connectivity index (χ4n) is 1.73. The third-order valence-corrected chi connectivity index (χ3v) is 2.68. The molecule has 0 spiro atoms. The first kappa shape index (κ1) is 10.7. The maximum absolute atomic E-state index is 11.7. The van der Waals surface area contributed by atoms with Crippen molar-refractivity contribution in [2.24, 2.45) is 5.92 Å². The molecule has 1 heterocycles. The molecule has 1 aliphatic heterocycles. The second-order valence-corrected chi connectivity index (χ2v) is 4.02. The maximum Gasteiger partial charge on any atom is 0.152 e. The number of ketones is 1. The molecule has 0 aromatic carbocycles. The van der Waals surface area contributed by atoms with E-state index in [1.807, 2.05) is 20.8 Å². The highest BCUT2D eigenvalue weighted by Crippen LogP contribution is 2.07. The van der Waals surface area contributed by atoms with E-state index >= 15 is 0 Å². The standard InChI is InChI=1S/C10H20N2O/c1-8(2)10(13)9(3)12-6-4-11-5-7-12/h8-9,11H,4-7H2,1-3H3. The molecule has 0 amide bonds. The van der Waals surface area contributed by atoms with Crippen LogP contribution in [0.5, 0.6) is 0 Å². The molecule has 1 aliphatic rings. The summed E-state index contributed by atoms with van der Waals surface area (Å²) < 4.78 is 0. The van der Waals surface area contributed by atoms with Gasteiger partial charge in [-0.3, -0.25) is 9.69 Å². The van der Waals surface area contributed by atoms with E-state index in [4.69, 9.17) is 0 Å². The highest BCUT2D eigenvalue weighted by Gasteiger charge is 2.23. The van der Waals surface area contributed by atoms with Gasteiger partial charge < -0.3 is 5.32 Å². The number of carbonyl (C=O) groups is 1. The molecule has 1 N–H and O–H groups in total. The Balaban J connectivity index is 2.45. The first-order valence-electron chi connectivity index (χ1n) is 5.11. The van der Waals surface area contributed by atoms with Crippen LogP contribution in [0.4, 0.5) is 0 Å². The van der Waals surface area contributed by atoms with Crippen molar-refractivity contribution < 1.29 is 4.79 Å². The summed E-state index contributed by atoms with van der Waals surface area (Å²) in [5, 5.41) is 3.28. The number of hydrogen-bond donors (Lipinski definition) is 1. The fourth-order valence-corrected chi connectivity index (χ4v) is 1.73. The maximum atomic E-state index is 11.7. The van der Waals surface area contributed by atoms with Gasteiger partial charge in [0.05, 0.1) is 6.04 Å². The molecule has 0 aromatic heterocycles. The quantitative estimate of drug-likeness (QED) is 0.693. The topological polar surface area (TPSA) is 32.3 Å². The number of piperazine rings is 1. The van der Waals surface area contributed by atoms with Gasteiger partial charge in [0, 0.05) is 32.1 Å². The molecular formula is C10H20N2O. The third kappa shape index (κ3) is 2.78. The SMILES string of the molecule is CC(C)C(=O)C(C)N1CCNCC1. The third-order valence-electron chi connectivity index (χ3n) is 2.68. The minimum Gasteiger partial charge on any atom is -0.314 e. The van der Waals surface area contributed by atoms with Gasteiger partial charge >= 0.3 is 0 Å². The summed E-state index contributed by atoms with van der Waals surface area (Å²) in [6.07, 6.45) is 0. The minimum absolute atomic E-state index is 0.0992. The first-order chi connectivity index (χ1) is 6.13. The van der Waals surface area contributed by atoms with Crippen LogP contribution in [0.2, 0.25) is 0 Å². The number of Topliss-reactive ketones (excluding diaryl/α,β-unsaturated/α-hetero) is 1. The van der Waals surface area contributed by atoms with Crippen LogP contribution in [0.15, 0.2) is 0 Å². The molecule has 1 unspecified atom stereocenters. The summed E-state index contributed by atoms with van der Waals surface area (Å²) in [4.78, 5) is 13.9. The summed E-state index contributed by atoms with van der Waals surface area (Å²) in [5.41, 5.74) is 0. The van der Waals surface area contributed by atoms with E-state index in [9.17, 15) is 4.79 Å². The summed E-state index contributed by atoms with van der Waals surface area (Å²) in [7, 11) is 0. The highest BCUT2D eigenvalue weighted by atomic mass is 16.1. The molecular weight excluding hydrogens is 164 g/mol. The fraction of sp³-hybridized carbons (Fsp3) is 0.900. The van der Waals surface area contributed by atoms with Crippen LogP contribution in [0.1, 0.15) is 20.8 Å². The predicted molar refractivity (Wildman–Crippen MR) is 53.7 cm³/mol. The zero-order valence-electron chi connectivity index (χ0n) is 8.84. The van der Waals surface area contributed by atoms with Crippen LogP contribution in [-0.4, -0.2) is 42.9 Å². The molecule has 1 fully saturated rings. The van der Waals surface area contributed by atoms with E-state index in [1.165, 1.54) is 0 Å². The second kappa shape index (κ2) is 4.72. The van der Waals surface area contributed by atoms with Crippen LogP contribution in [-0.2, 0) is 4.79 Å². The van der Waals surface area contributed by atoms with Gasteiger partial charge in [0.2, 0.25) is 0 Å². The zero-order valence-corrected chi connectivity index (χ0v) is 8.84. The summed E-state index contributed by atoms with van der Waals surface area (Å²) in [5.74, 6) is 0.520. The summed E-state index contributed by atoms with van der Waals surface area (Å²) in [6, 6.07) is 0.0992. The molecule has 3 nitrogen and oxygen atoms in total. The number of hydrogen-bond acceptors (Lipinski definition) is 3. The van der Waals surface area contributed by atoms with Crippen molar-refractivity contribution in [2.75, 3.05) is 26.2 Å². The molecule has 0 bridgehead atoms. The van der Waals surface area contributed by atoms with E-state index in [0.717, 1.165) is 26.2 Å². The largest absolute Gasteiger partial charge is 0.314 e. The van der Waals surface area contributed by atoms with Crippen LogP contribution in [0.3, 0.4) is 0 Å².